The molecule has 1 aliphatic carbocycles. The number of rotatable bonds is 6. The maximum Gasteiger partial charge on any atom is 0.0547 e. The number of nitrogens with zero attached hydrogens (tertiary/aromatic N) is 1. The first kappa shape index (κ1) is 11.4. The predicted molar refractivity (Wildman–Crippen MR) is 62.1 cm³/mol. The molecule has 2 aliphatic rings. The first-order valence-corrected chi connectivity index (χ1v) is 6.24. The van der Waals surface area contributed by atoms with Crippen LogP contribution in [0.4, 0.5) is 0 Å². The van der Waals surface area contributed by atoms with Crippen LogP contribution in [0.25, 0.3) is 0 Å². The lowest BCUT2D eigenvalue weighted by Crippen LogP contribution is -2.44. The minimum absolute atomic E-state index is 0.382. The third-order valence-corrected chi connectivity index (χ3v) is 3.69. The Balaban J connectivity index is 1.86. The van der Waals surface area contributed by atoms with Gasteiger partial charge in [0.05, 0.1) is 6.61 Å². The van der Waals surface area contributed by atoms with Gasteiger partial charge in [-0.1, -0.05) is 6.92 Å². The SMILES string of the molecule is CCNCC1(CN(C)C2CC2)CCOC1. The smallest absolute Gasteiger partial charge is 0.0547 e. The Morgan fingerprint density at radius 2 is 2.27 bits per heavy atom. The van der Waals surface area contributed by atoms with E-state index in [1.807, 2.05) is 0 Å². The van der Waals surface area contributed by atoms with Crippen LogP contribution in [0.15, 0.2) is 0 Å². The minimum atomic E-state index is 0.382. The summed E-state index contributed by atoms with van der Waals surface area (Å²) in [6.07, 6.45) is 4.01. The molecule has 88 valence electrons. The summed E-state index contributed by atoms with van der Waals surface area (Å²) in [7, 11) is 2.27. The van der Waals surface area contributed by atoms with Crippen molar-refractivity contribution in [3.05, 3.63) is 0 Å². The van der Waals surface area contributed by atoms with E-state index in [1.54, 1.807) is 0 Å². The first-order valence-electron chi connectivity index (χ1n) is 6.24. The maximum absolute atomic E-state index is 5.59. The Kier molecular flexibility index (Phi) is 3.65. The van der Waals surface area contributed by atoms with Gasteiger partial charge in [-0.2, -0.15) is 0 Å². The van der Waals surface area contributed by atoms with Crippen LogP contribution in [0.3, 0.4) is 0 Å². The van der Waals surface area contributed by atoms with Crippen molar-refractivity contribution in [1.82, 2.24) is 10.2 Å². The van der Waals surface area contributed by atoms with Gasteiger partial charge >= 0.3 is 0 Å². The van der Waals surface area contributed by atoms with Gasteiger partial charge in [-0.3, -0.25) is 0 Å². The maximum atomic E-state index is 5.59. The van der Waals surface area contributed by atoms with E-state index < -0.39 is 0 Å². The second-order valence-corrected chi connectivity index (χ2v) is 5.23. The fraction of sp³-hybridized carbons (Fsp3) is 1.00. The molecule has 3 heteroatoms. The van der Waals surface area contributed by atoms with Gasteiger partial charge in [-0.25, -0.2) is 0 Å². The quantitative estimate of drug-likeness (QED) is 0.713. The Morgan fingerprint density at radius 1 is 1.47 bits per heavy atom. The van der Waals surface area contributed by atoms with Crippen molar-refractivity contribution in [2.45, 2.75) is 32.2 Å². The van der Waals surface area contributed by atoms with Gasteiger partial charge in [0.15, 0.2) is 0 Å². The Bertz CT molecular complexity index is 198. The molecule has 1 heterocycles. The van der Waals surface area contributed by atoms with Crippen LogP contribution in [-0.4, -0.2) is 50.8 Å². The number of hydrogen-bond donors (Lipinski definition) is 1. The second kappa shape index (κ2) is 4.81. The van der Waals surface area contributed by atoms with Gasteiger partial charge in [-0.15, -0.1) is 0 Å². The summed E-state index contributed by atoms with van der Waals surface area (Å²) in [5.74, 6) is 0. The number of nitrogens with one attached hydrogen (secondary N) is 1. The average molecular weight is 212 g/mol. The fourth-order valence-corrected chi connectivity index (χ4v) is 2.53. The summed E-state index contributed by atoms with van der Waals surface area (Å²) in [5, 5.41) is 3.49. The largest absolute Gasteiger partial charge is 0.381 e. The molecule has 1 saturated carbocycles. The van der Waals surface area contributed by atoms with Crippen LogP contribution in [0.1, 0.15) is 26.2 Å². The van der Waals surface area contributed by atoms with E-state index in [9.17, 15) is 0 Å². The summed E-state index contributed by atoms with van der Waals surface area (Å²) in [5.41, 5.74) is 0.382. The average Bonchev–Trinajstić information content (AvgIpc) is 2.99. The van der Waals surface area contributed by atoms with Gasteiger partial charge in [0.2, 0.25) is 0 Å². The lowest BCUT2D eigenvalue weighted by atomic mass is 9.86. The zero-order valence-electron chi connectivity index (χ0n) is 10.1. The molecule has 0 amide bonds. The van der Waals surface area contributed by atoms with Gasteiger partial charge in [0.1, 0.15) is 0 Å². The number of ether oxygens (including phenoxy) is 1. The highest BCUT2D eigenvalue weighted by atomic mass is 16.5. The first-order chi connectivity index (χ1) is 7.26. The number of hydrogen-bond acceptors (Lipinski definition) is 3. The van der Waals surface area contributed by atoms with Crippen LogP contribution in [0.5, 0.6) is 0 Å². The van der Waals surface area contributed by atoms with Crippen LogP contribution < -0.4 is 5.32 Å². The van der Waals surface area contributed by atoms with Gasteiger partial charge < -0.3 is 15.0 Å². The lowest BCUT2D eigenvalue weighted by molar-refractivity contribution is 0.117. The van der Waals surface area contributed by atoms with Crippen molar-refractivity contribution >= 4 is 0 Å². The Labute approximate surface area is 93.2 Å². The molecule has 1 aliphatic heterocycles. The normalized spacial score (nSPS) is 31.4. The Morgan fingerprint density at radius 3 is 2.80 bits per heavy atom. The predicted octanol–water partition coefficient (Wildman–Crippen LogP) is 1.10. The van der Waals surface area contributed by atoms with E-state index in [4.69, 9.17) is 4.74 Å². The summed E-state index contributed by atoms with van der Waals surface area (Å²) in [6, 6.07) is 0.865. The third-order valence-electron chi connectivity index (χ3n) is 3.69. The van der Waals surface area contributed by atoms with Gasteiger partial charge in [0, 0.05) is 31.2 Å². The van der Waals surface area contributed by atoms with Crippen molar-refractivity contribution < 1.29 is 4.74 Å². The lowest BCUT2D eigenvalue weighted by Gasteiger charge is -2.32. The zero-order valence-corrected chi connectivity index (χ0v) is 10.1. The highest BCUT2D eigenvalue weighted by Gasteiger charge is 2.38. The molecule has 0 spiro atoms. The van der Waals surface area contributed by atoms with Crippen molar-refractivity contribution in [2.75, 3.05) is 39.9 Å². The van der Waals surface area contributed by atoms with Crippen LogP contribution in [0.2, 0.25) is 0 Å². The summed E-state index contributed by atoms with van der Waals surface area (Å²) in [4.78, 5) is 2.53. The van der Waals surface area contributed by atoms with Crippen molar-refractivity contribution in [2.24, 2.45) is 5.41 Å². The molecule has 1 saturated heterocycles. The minimum Gasteiger partial charge on any atom is -0.381 e. The summed E-state index contributed by atoms with van der Waals surface area (Å²) in [6.45, 7) is 7.44. The third kappa shape index (κ3) is 2.92. The van der Waals surface area contributed by atoms with Crippen molar-refractivity contribution in [3.8, 4) is 0 Å². The van der Waals surface area contributed by atoms with E-state index in [-0.39, 0.29) is 0 Å². The molecule has 1 unspecified atom stereocenters. The van der Waals surface area contributed by atoms with Gasteiger partial charge in [-0.05, 0) is 32.9 Å². The van der Waals surface area contributed by atoms with Crippen LogP contribution in [0, 0.1) is 5.41 Å². The molecule has 1 N–H and O–H groups in total. The highest BCUT2D eigenvalue weighted by molar-refractivity contribution is 4.92. The molecule has 0 radical (unpaired) electrons. The molecule has 2 fully saturated rings. The fourth-order valence-electron chi connectivity index (χ4n) is 2.53. The van der Waals surface area contributed by atoms with E-state index in [0.29, 0.717) is 5.41 Å². The van der Waals surface area contributed by atoms with Crippen LogP contribution >= 0.6 is 0 Å². The molecular formula is C12H24N2O. The molecule has 0 aromatic carbocycles. The highest BCUT2D eigenvalue weighted by Crippen LogP contribution is 2.33. The zero-order chi connectivity index (χ0) is 10.7. The van der Waals surface area contributed by atoms with E-state index in [1.165, 1.54) is 25.8 Å². The monoisotopic (exact) mass is 212 g/mol. The molecule has 15 heavy (non-hydrogen) atoms. The summed E-state index contributed by atoms with van der Waals surface area (Å²) >= 11 is 0. The molecule has 1 atom stereocenters. The van der Waals surface area contributed by atoms with Gasteiger partial charge in [0.25, 0.3) is 0 Å². The molecule has 0 aromatic heterocycles. The van der Waals surface area contributed by atoms with E-state index in [2.05, 4.69) is 24.2 Å². The Hall–Kier alpha value is -0.120. The van der Waals surface area contributed by atoms with Crippen LogP contribution in [-0.2, 0) is 4.74 Å². The second-order valence-electron chi connectivity index (χ2n) is 5.23. The molecule has 0 aromatic rings. The van der Waals surface area contributed by atoms with Crippen molar-refractivity contribution in [1.29, 1.82) is 0 Å². The van der Waals surface area contributed by atoms with E-state index >= 15 is 0 Å². The standard InChI is InChI=1S/C12H24N2O/c1-3-13-8-12(6-7-15-10-12)9-14(2)11-4-5-11/h11,13H,3-10H2,1-2H3. The van der Waals surface area contributed by atoms with Crippen molar-refractivity contribution in [3.63, 3.8) is 0 Å². The van der Waals surface area contributed by atoms with E-state index in [0.717, 1.165) is 32.3 Å². The summed E-state index contributed by atoms with van der Waals surface area (Å²) < 4.78 is 5.59. The molecule has 0 bridgehead atoms. The topological polar surface area (TPSA) is 24.5 Å². The molecule has 2 rings (SSSR count). The molecule has 3 nitrogen and oxygen atoms in total. The molecular weight excluding hydrogens is 188 g/mol.